The lowest BCUT2D eigenvalue weighted by atomic mass is 10.0. The van der Waals surface area contributed by atoms with Crippen LogP contribution in [0.1, 0.15) is 17.3 Å². The van der Waals surface area contributed by atoms with Crippen LogP contribution in [-0.4, -0.2) is 9.97 Å². The van der Waals surface area contributed by atoms with Crippen molar-refractivity contribution in [1.82, 2.24) is 9.97 Å². The molecule has 4 nitrogen and oxygen atoms in total. The molecule has 4 N–H and O–H groups in total. The van der Waals surface area contributed by atoms with Gasteiger partial charge in [0.15, 0.2) is 0 Å². The zero-order chi connectivity index (χ0) is 12.3. The molecular weight excluding hydrogens is 236 g/mol. The van der Waals surface area contributed by atoms with Crippen LogP contribution in [0.2, 0.25) is 5.02 Å². The third kappa shape index (κ3) is 2.93. The molecule has 2 heterocycles. The van der Waals surface area contributed by atoms with Crippen molar-refractivity contribution in [2.75, 3.05) is 5.73 Å². The number of nitrogens with zero attached hydrogens (tertiary/aromatic N) is 2. The standard InChI is InChI=1S/C12H13ClN4/c13-8-5-10(12(15)17-7-8)11(14)6-9-3-1-2-4-16-9/h1-5,7,11H,6,14H2,(H2,15,17). The summed E-state index contributed by atoms with van der Waals surface area (Å²) in [4.78, 5) is 8.21. The van der Waals surface area contributed by atoms with Crippen LogP contribution in [0.25, 0.3) is 0 Å². The topological polar surface area (TPSA) is 77.8 Å². The predicted molar refractivity (Wildman–Crippen MR) is 68.5 cm³/mol. The number of nitrogens with two attached hydrogens (primary N) is 2. The van der Waals surface area contributed by atoms with Gasteiger partial charge in [-0.2, -0.15) is 0 Å². The summed E-state index contributed by atoms with van der Waals surface area (Å²) < 4.78 is 0. The summed E-state index contributed by atoms with van der Waals surface area (Å²) in [5, 5.41) is 0.533. The fourth-order valence-electron chi connectivity index (χ4n) is 1.62. The van der Waals surface area contributed by atoms with Crippen LogP contribution in [0, 0.1) is 0 Å². The maximum absolute atomic E-state index is 6.08. The van der Waals surface area contributed by atoms with Crippen molar-refractivity contribution >= 4 is 17.4 Å². The van der Waals surface area contributed by atoms with Crippen LogP contribution >= 0.6 is 11.6 Å². The third-order valence-electron chi connectivity index (χ3n) is 2.47. The van der Waals surface area contributed by atoms with Gasteiger partial charge >= 0.3 is 0 Å². The van der Waals surface area contributed by atoms with E-state index >= 15 is 0 Å². The van der Waals surface area contributed by atoms with E-state index in [2.05, 4.69) is 9.97 Å². The minimum absolute atomic E-state index is 0.254. The van der Waals surface area contributed by atoms with E-state index < -0.39 is 0 Å². The van der Waals surface area contributed by atoms with Gasteiger partial charge in [0.2, 0.25) is 0 Å². The second-order valence-electron chi connectivity index (χ2n) is 3.76. The van der Waals surface area contributed by atoms with E-state index in [1.54, 1.807) is 12.3 Å². The summed E-state index contributed by atoms with van der Waals surface area (Å²) in [5.74, 6) is 0.415. The number of anilines is 1. The molecule has 2 rings (SSSR count). The first-order chi connectivity index (χ1) is 8.16. The zero-order valence-electron chi connectivity index (χ0n) is 9.18. The Morgan fingerprint density at radius 1 is 1.29 bits per heavy atom. The Morgan fingerprint density at radius 3 is 2.82 bits per heavy atom. The van der Waals surface area contributed by atoms with E-state index in [4.69, 9.17) is 23.1 Å². The van der Waals surface area contributed by atoms with Crippen LogP contribution in [0.4, 0.5) is 5.82 Å². The third-order valence-corrected chi connectivity index (χ3v) is 2.68. The molecule has 0 amide bonds. The zero-order valence-corrected chi connectivity index (χ0v) is 9.93. The van der Waals surface area contributed by atoms with Crippen LogP contribution < -0.4 is 11.5 Å². The summed E-state index contributed by atoms with van der Waals surface area (Å²) in [7, 11) is 0. The van der Waals surface area contributed by atoms with Crippen molar-refractivity contribution in [3.05, 3.63) is 52.9 Å². The van der Waals surface area contributed by atoms with E-state index in [0.717, 1.165) is 11.3 Å². The van der Waals surface area contributed by atoms with Gasteiger partial charge < -0.3 is 11.5 Å². The predicted octanol–water partition coefficient (Wildman–Crippen LogP) is 1.95. The van der Waals surface area contributed by atoms with E-state index in [9.17, 15) is 0 Å². The first kappa shape index (κ1) is 11.8. The molecule has 5 heteroatoms. The molecule has 0 spiro atoms. The molecule has 17 heavy (non-hydrogen) atoms. The molecule has 0 saturated heterocycles. The van der Waals surface area contributed by atoms with Gasteiger partial charge in [0.05, 0.1) is 5.02 Å². The fourth-order valence-corrected chi connectivity index (χ4v) is 1.78. The maximum atomic E-state index is 6.08. The van der Waals surface area contributed by atoms with E-state index in [-0.39, 0.29) is 6.04 Å². The molecule has 1 atom stereocenters. The lowest BCUT2D eigenvalue weighted by molar-refractivity contribution is 0.706. The molecule has 0 fully saturated rings. The SMILES string of the molecule is Nc1ncc(Cl)cc1C(N)Cc1ccccn1. The van der Waals surface area contributed by atoms with Crippen LogP contribution in [0.15, 0.2) is 36.7 Å². The second-order valence-corrected chi connectivity index (χ2v) is 4.20. The Balaban J connectivity index is 2.20. The highest BCUT2D eigenvalue weighted by Gasteiger charge is 2.12. The second kappa shape index (κ2) is 5.12. The van der Waals surface area contributed by atoms with Gasteiger partial charge in [0.25, 0.3) is 0 Å². The van der Waals surface area contributed by atoms with Crippen LogP contribution in [0.5, 0.6) is 0 Å². The van der Waals surface area contributed by atoms with Crippen molar-refractivity contribution in [3.8, 4) is 0 Å². The Labute approximate surface area is 105 Å². The van der Waals surface area contributed by atoms with Gasteiger partial charge in [-0.3, -0.25) is 4.98 Å². The molecule has 0 aliphatic carbocycles. The highest BCUT2D eigenvalue weighted by atomic mass is 35.5. The van der Waals surface area contributed by atoms with Crippen molar-refractivity contribution in [1.29, 1.82) is 0 Å². The van der Waals surface area contributed by atoms with Crippen LogP contribution in [-0.2, 0) is 6.42 Å². The summed E-state index contributed by atoms with van der Waals surface area (Å²) >= 11 is 5.87. The summed E-state index contributed by atoms with van der Waals surface area (Å²) in [6.07, 6.45) is 3.85. The lowest BCUT2D eigenvalue weighted by Crippen LogP contribution is -2.16. The number of aromatic nitrogens is 2. The Morgan fingerprint density at radius 2 is 2.12 bits per heavy atom. The van der Waals surface area contributed by atoms with E-state index in [1.165, 1.54) is 6.20 Å². The minimum Gasteiger partial charge on any atom is -0.383 e. The minimum atomic E-state index is -0.254. The average Bonchev–Trinajstić information content (AvgIpc) is 2.33. The highest BCUT2D eigenvalue weighted by Crippen LogP contribution is 2.22. The summed E-state index contributed by atoms with van der Waals surface area (Å²) in [6, 6.07) is 7.21. The van der Waals surface area contributed by atoms with Gasteiger partial charge in [-0.05, 0) is 18.2 Å². The van der Waals surface area contributed by atoms with E-state index in [1.807, 2.05) is 18.2 Å². The number of hydrogen-bond donors (Lipinski definition) is 2. The van der Waals surface area contributed by atoms with Gasteiger partial charge in [-0.1, -0.05) is 17.7 Å². The Kier molecular flexibility index (Phi) is 3.56. The maximum Gasteiger partial charge on any atom is 0.128 e. The molecule has 0 bridgehead atoms. The normalized spacial score (nSPS) is 12.4. The van der Waals surface area contributed by atoms with Crippen molar-refractivity contribution in [2.24, 2.45) is 5.73 Å². The fraction of sp³-hybridized carbons (Fsp3) is 0.167. The van der Waals surface area contributed by atoms with Gasteiger partial charge in [0.1, 0.15) is 5.82 Å². The number of pyridine rings is 2. The highest BCUT2D eigenvalue weighted by molar-refractivity contribution is 6.30. The van der Waals surface area contributed by atoms with Crippen LogP contribution in [0.3, 0.4) is 0 Å². The molecule has 88 valence electrons. The molecule has 0 saturated carbocycles. The first-order valence-corrected chi connectivity index (χ1v) is 5.61. The van der Waals surface area contributed by atoms with Crippen molar-refractivity contribution < 1.29 is 0 Å². The molecule has 0 aliphatic rings. The van der Waals surface area contributed by atoms with Crippen molar-refractivity contribution in [2.45, 2.75) is 12.5 Å². The van der Waals surface area contributed by atoms with E-state index in [0.29, 0.717) is 17.3 Å². The van der Waals surface area contributed by atoms with Gasteiger partial charge in [-0.25, -0.2) is 4.98 Å². The number of halogens is 1. The van der Waals surface area contributed by atoms with Crippen molar-refractivity contribution in [3.63, 3.8) is 0 Å². The molecule has 1 unspecified atom stereocenters. The average molecular weight is 249 g/mol. The molecule has 2 aromatic rings. The summed E-state index contributed by atoms with van der Waals surface area (Å²) in [5.41, 5.74) is 13.5. The number of rotatable bonds is 3. The lowest BCUT2D eigenvalue weighted by Gasteiger charge is -2.13. The monoisotopic (exact) mass is 248 g/mol. The molecule has 0 aliphatic heterocycles. The molecule has 2 aromatic heterocycles. The molecule has 0 radical (unpaired) electrons. The smallest absolute Gasteiger partial charge is 0.128 e. The number of hydrogen-bond acceptors (Lipinski definition) is 4. The largest absolute Gasteiger partial charge is 0.383 e. The van der Waals surface area contributed by atoms with Gasteiger partial charge in [-0.15, -0.1) is 0 Å². The molecule has 0 aromatic carbocycles. The quantitative estimate of drug-likeness (QED) is 0.870. The Bertz CT molecular complexity index is 501. The first-order valence-electron chi connectivity index (χ1n) is 5.23. The molecular formula is C12H13ClN4. The summed E-state index contributed by atoms with van der Waals surface area (Å²) in [6.45, 7) is 0. The Hall–Kier alpha value is -1.65. The van der Waals surface area contributed by atoms with Gasteiger partial charge in [0, 0.05) is 36.1 Å². The number of nitrogen functional groups attached to an aromatic ring is 1.